The van der Waals surface area contributed by atoms with Gasteiger partial charge in [0.2, 0.25) is 5.95 Å². The lowest BCUT2D eigenvalue weighted by atomic mass is 9.96. The predicted octanol–water partition coefficient (Wildman–Crippen LogP) is 4.92. The molecule has 4 heteroatoms. The molecule has 1 saturated carbocycles. The Kier molecular flexibility index (Phi) is 4.34. The first-order valence-corrected chi connectivity index (χ1v) is 8.83. The van der Waals surface area contributed by atoms with Gasteiger partial charge in [0.1, 0.15) is 0 Å². The Morgan fingerprint density at radius 2 is 2.00 bits per heavy atom. The molecule has 0 saturated heterocycles. The Bertz CT molecular complexity index is 593. The second-order valence-corrected chi connectivity index (χ2v) is 7.54. The third kappa shape index (κ3) is 3.31. The van der Waals surface area contributed by atoms with Crippen molar-refractivity contribution in [3.63, 3.8) is 0 Å². The summed E-state index contributed by atoms with van der Waals surface area (Å²) in [6.07, 6.45) is 8.80. The van der Waals surface area contributed by atoms with Crippen molar-refractivity contribution >= 4 is 17.3 Å². The summed E-state index contributed by atoms with van der Waals surface area (Å²) < 4.78 is 2.30. The normalized spacial score (nSPS) is 17.9. The van der Waals surface area contributed by atoms with Crippen LogP contribution in [-0.2, 0) is 0 Å². The number of nitrogens with zero attached hydrogens (tertiary/aromatic N) is 2. The summed E-state index contributed by atoms with van der Waals surface area (Å²) in [4.78, 5) is 7.49. The topological polar surface area (TPSA) is 29.9 Å². The summed E-state index contributed by atoms with van der Waals surface area (Å²) in [5, 5.41) is 3.68. The molecule has 2 aromatic rings. The SMILES string of the molecule is Cc1cn(C(C)c2ccc(C)s2)c(NC2CCCCC2)n1. The zero-order valence-electron chi connectivity index (χ0n) is 13.2. The van der Waals surface area contributed by atoms with Crippen LogP contribution in [0.3, 0.4) is 0 Å². The van der Waals surface area contributed by atoms with E-state index in [0.29, 0.717) is 12.1 Å². The van der Waals surface area contributed by atoms with E-state index in [0.717, 1.165) is 11.6 Å². The smallest absolute Gasteiger partial charge is 0.203 e. The zero-order chi connectivity index (χ0) is 14.8. The number of rotatable bonds is 4. The van der Waals surface area contributed by atoms with Crippen LogP contribution in [0.4, 0.5) is 5.95 Å². The zero-order valence-corrected chi connectivity index (χ0v) is 14.0. The van der Waals surface area contributed by atoms with Gasteiger partial charge in [0, 0.05) is 22.0 Å². The molecule has 3 rings (SSSR count). The van der Waals surface area contributed by atoms with Crippen molar-refractivity contribution in [3.8, 4) is 0 Å². The quantitative estimate of drug-likeness (QED) is 0.869. The number of imidazole rings is 1. The summed E-state index contributed by atoms with van der Waals surface area (Å²) in [6, 6.07) is 5.38. The van der Waals surface area contributed by atoms with Gasteiger partial charge in [-0.15, -0.1) is 11.3 Å². The van der Waals surface area contributed by atoms with Crippen molar-refractivity contribution in [1.82, 2.24) is 9.55 Å². The number of hydrogen-bond donors (Lipinski definition) is 1. The molecular formula is C17H25N3S. The number of anilines is 1. The minimum absolute atomic E-state index is 0.344. The lowest BCUT2D eigenvalue weighted by Gasteiger charge is -2.25. The van der Waals surface area contributed by atoms with Crippen LogP contribution in [0.25, 0.3) is 0 Å². The number of aryl methyl sites for hydroxylation is 2. The fraction of sp³-hybridized carbons (Fsp3) is 0.588. The van der Waals surface area contributed by atoms with E-state index in [2.05, 4.69) is 49.0 Å². The summed E-state index contributed by atoms with van der Waals surface area (Å²) in [5.74, 6) is 1.04. The van der Waals surface area contributed by atoms with Gasteiger partial charge in [-0.25, -0.2) is 4.98 Å². The van der Waals surface area contributed by atoms with Crippen molar-refractivity contribution < 1.29 is 0 Å². The van der Waals surface area contributed by atoms with E-state index < -0.39 is 0 Å². The predicted molar refractivity (Wildman–Crippen MR) is 90.3 cm³/mol. The molecule has 3 nitrogen and oxygen atoms in total. The first-order valence-electron chi connectivity index (χ1n) is 8.02. The molecule has 0 aromatic carbocycles. The molecule has 2 heterocycles. The average Bonchev–Trinajstić information content (AvgIpc) is 3.05. The van der Waals surface area contributed by atoms with E-state index in [9.17, 15) is 0 Å². The Morgan fingerprint density at radius 3 is 2.67 bits per heavy atom. The lowest BCUT2D eigenvalue weighted by molar-refractivity contribution is 0.458. The highest BCUT2D eigenvalue weighted by Crippen LogP contribution is 2.29. The molecule has 1 aliphatic carbocycles. The molecule has 114 valence electrons. The highest BCUT2D eigenvalue weighted by molar-refractivity contribution is 7.12. The van der Waals surface area contributed by atoms with E-state index in [4.69, 9.17) is 4.98 Å². The number of nitrogens with one attached hydrogen (secondary N) is 1. The second-order valence-electron chi connectivity index (χ2n) is 6.22. The molecular weight excluding hydrogens is 278 g/mol. The summed E-state index contributed by atoms with van der Waals surface area (Å²) in [5.41, 5.74) is 1.09. The number of aromatic nitrogens is 2. The van der Waals surface area contributed by atoms with Crippen molar-refractivity contribution in [2.45, 2.75) is 65.0 Å². The molecule has 0 spiro atoms. The van der Waals surface area contributed by atoms with Gasteiger partial charge >= 0.3 is 0 Å². The van der Waals surface area contributed by atoms with E-state index >= 15 is 0 Å². The third-order valence-electron chi connectivity index (χ3n) is 4.38. The standard InChI is InChI=1S/C17H25N3S/c1-12-11-20(14(3)16-10-9-13(2)21-16)17(18-12)19-15-7-5-4-6-8-15/h9-11,14-15H,4-8H2,1-3H3,(H,18,19). The molecule has 0 bridgehead atoms. The summed E-state index contributed by atoms with van der Waals surface area (Å²) >= 11 is 1.88. The highest BCUT2D eigenvalue weighted by Gasteiger charge is 2.19. The Morgan fingerprint density at radius 1 is 1.24 bits per heavy atom. The maximum absolute atomic E-state index is 4.71. The van der Waals surface area contributed by atoms with Crippen LogP contribution in [0.5, 0.6) is 0 Å². The second kappa shape index (κ2) is 6.22. The van der Waals surface area contributed by atoms with Crippen LogP contribution < -0.4 is 5.32 Å². The van der Waals surface area contributed by atoms with Gasteiger partial charge in [0.25, 0.3) is 0 Å². The van der Waals surface area contributed by atoms with Gasteiger partial charge < -0.3 is 9.88 Å². The van der Waals surface area contributed by atoms with Crippen LogP contribution in [-0.4, -0.2) is 15.6 Å². The number of thiophene rings is 1. The lowest BCUT2D eigenvalue weighted by Crippen LogP contribution is -2.24. The van der Waals surface area contributed by atoms with E-state index in [1.807, 2.05) is 11.3 Å². The van der Waals surface area contributed by atoms with Crippen molar-refractivity contribution in [3.05, 3.63) is 33.8 Å². The van der Waals surface area contributed by atoms with Gasteiger partial charge in [0.15, 0.2) is 0 Å². The van der Waals surface area contributed by atoms with Gasteiger partial charge in [-0.05, 0) is 45.7 Å². The van der Waals surface area contributed by atoms with Gasteiger partial charge in [0.05, 0.1) is 11.7 Å². The van der Waals surface area contributed by atoms with Gasteiger partial charge in [-0.3, -0.25) is 0 Å². The minimum atomic E-state index is 0.344. The summed E-state index contributed by atoms with van der Waals surface area (Å²) in [7, 11) is 0. The molecule has 1 unspecified atom stereocenters. The third-order valence-corrected chi connectivity index (χ3v) is 5.55. The summed E-state index contributed by atoms with van der Waals surface area (Å²) in [6.45, 7) is 6.51. The first-order chi connectivity index (χ1) is 10.1. The molecule has 2 aromatic heterocycles. The molecule has 0 aliphatic heterocycles. The maximum Gasteiger partial charge on any atom is 0.203 e. The van der Waals surface area contributed by atoms with E-state index in [-0.39, 0.29) is 0 Å². The Labute approximate surface area is 131 Å². The molecule has 0 amide bonds. The van der Waals surface area contributed by atoms with Crippen LogP contribution >= 0.6 is 11.3 Å². The van der Waals surface area contributed by atoms with Crippen LogP contribution in [0.1, 0.15) is 60.5 Å². The molecule has 21 heavy (non-hydrogen) atoms. The molecule has 1 atom stereocenters. The van der Waals surface area contributed by atoms with E-state index in [1.165, 1.54) is 41.9 Å². The average molecular weight is 303 g/mol. The Hall–Kier alpha value is -1.29. The monoisotopic (exact) mass is 303 g/mol. The highest BCUT2D eigenvalue weighted by atomic mass is 32.1. The maximum atomic E-state index is 4.71. The molecule has 1 aliphatic rings. The fourth-order valence-corrected chi connectivity index (χ4v) is 4.09. The fourth-order valence-electron chi connectivity index (χ4n) is 3.16. The van der Waals surface area contributed by atoms with Crippen LogP contribution in [0, 0.1) is 13.8 Å². The largest absolute Gasteiger partial charge is 0.353 e. The van der Waals surface area contributed by atoms with Crippen molar-refractivity contribution in [1.29, 1.82) is 0 Å². The van der Waals surface area contributed by atoms with Crippen molar-refractivity contribution in [2.24, 2.45) is 0 Å². The van der Waals surface area contributed by atoms with Crippen molar-refractivity contribution in [2.75, 3.05) is 5.32 Å². The molecule has 0 radical (unpaired) electrons. The molecule has 1 fully saturated rings. The van der Waals surface area contributed by atoms with Gasteiger partial charge in [-0.1, -0.05) is 19.3 Å². The van der Waals surface area contributed by atoms with Crippen LogP contribution in [0.2, 0.25) is 0 Å². The number of hydrogen-bond acceptors (Lipinski definition) is 3. The van der Waals surface area contributed by atoms with Gasteiger partial charge in [-0.2, -0.15) is 0 Å². The van der Waals surface area contributed by atoms with E-state index in [1.54, 1.807) is 0 Å². The first kappa shape index (κ1) is 14.6. The molecule has 1 N–H and O–H groups in total. The Balaban J connectivity index is 1.81. The minimum Gasteiger partial charge on any atom is -0.353 e. The van der Waals surface area contributed by atoms with Crippen LogP contribution in [0.15, 0.2) is 18.3 Å².